The normalized spacial score (nSPS) is 20.7. The quantitative estimate of drug-likeness (QED) is 0.0638. The van der Waals surface area contributed by atoms with E-state index in [9.17, 15) is 29.5 Å². The smallest absolute Gasteiger partial charge is 0.246 e. The number of nitrogens with zero attached hydrogens (tertiary/aromatic N) is 4. The molecule has 1 saturated heterocycles. The van der Waals surface area contributed by atoms with E-state index in [-0.39, 0.29) is 66.3 Å². The number of amides is 2. The lowest BCUT2D eigenvalue weighted by Gasteiger charge is -2.63. The molecule has 0 spiro atoms. The molecule has 3 aromatic carbocycles. The van der Waals surface area contributed by atoms with E-state index >= 15 is 0 Å². The number of carbonyl (C=O) groups is 4. The van der Waals surface area contributed by atoms with Gasteiger partial charge in [-0.2, -0.15) is 5.26 Å². The molecule has 0 unspecified atom stereocenters. The summed E-state index contributed by atoms with van der Waals surface area (Å²) >= 11 is 7.69. The van der Waals surface area contributed by atoms with Crippen molar-refractivity contribution < 1.29 is 38.5 Å². The van der Waals surface area contributed by atoms with Crippen LogP contribution in [0.5, 0.6) is 11.5 Å². The molecular formula is C51H62ClN5O8S. The maximum absolute atomic E-state index is 14.1. The Morgan fingerprint density at radius 2 is 1.65 bits per heavy atom. The third-order valence-electron chi connectivity index (χ3n) is 13.2. The minimum absolute atomic E-state index is 0.0119. The molecule has 1 aliphatic carbocycles. The molecule has 2 aliphatic rings. The van der Waals surface area contributed by atoms with Crippen molar-refractivity contribution in [1.29, 1.82) is 5.26 Å². The highest BCUT2D eigenvalue weighted by Gasteiger charge is 2.63. The molecule has 352 valence electrons. The summed E-state index contributed by atoms with van der Waals surface area (Å²) in [4.78, 5) is 55.7. The zero-order chi connectivity index (χ0) is 48.0. The number of likely N-dealkylation sites (tertiary alicyclic amines) is 1. The van der Waals surface area contributed by atoms with Crippen LogP contribution in [0.2, 0.25) is 5.02 Å². The Morgan fingerprint density at radius 1 is 0.985 bits per heavy atom. The molecule has 6 rings (SSSR count). The Morgan fingerprint density at radius 3 is 2.27 bits per heavy atom. The van der Waals surface area contributed by atoms with Crippen LogP contribution in [0, 0.1) is 33.5 Å². The molecule has 4 aromatic rings. The van der Waals surface area contributed by atoms with Crippen LogP contribution in [0.15, 0.2) is 72.2 Å². The Balaban J connectivity index is 0.903. The highest BCUT2D eigenvalue weighted by molar-refractivity contribution is 7.12. The minimum atomic E-state index is -0.944. The molecule has 15 heteroatoms. The molecule has 0 bridgehead atoms. The first-order valence-corrected chi connectivity index (χ1v) is 23.8. The number of ether oxygens (including phenoxy) is 3. The van der Waals surface area contributed by atoms with Crippen LogP contribution in [0.1, 0.15) is 115 Å². The van der Waals surface area contributed by atoms with Crippen LogP contribution >= 0.6 is 22.9 Å². The predicted molar refractivity (Wildman–Crippen MR) is 253 cm³/mol. The fraction of sp³-hybridized carbons (Fsp3) is 0.510. The summed E-state index contributed by atoms with van der Waals surface area (Å²) in [6.45, 7) is 16.5. The summed E-state index contributed by atoms with van der Waals surface area (Å²) in [6.07, 6.45) is 0.989. The second-order valence-corrected chi connectivity index (χ2v) is 21.1. The van der Waals surface area contributed by atoms with Gasteiger partial charge in [0.1, 0.15) is 46.8 Å². The lowest BCUT2D eigenvalue weighted by molar-refractivity contribution is -0.196. The standard InChI is InChI=1S/C51H62ClN5O8S/c1-31(32-11-13-34(14-12-32)46-56-54-30-66-46)23-42(60)40-24-36(58)28-57(40)47(62)45(49(2,3)4)55-44(61)29-63-21-9-10-22-64-37-18-15-33(16-19-37)41(59)26-43-50(5,6)48(51(43,7)8)65-38-20-17-35(27-53)39(52)25-38/h11-20,25,30-31,36,40,43,45,48,58H,9-10,21-24,26,28-29H2,1-8H3,(H,55,61)/t31-,36-,40+,43?,45-,48?/m1/s1. The number of hydrogen-bond donors (Lipinski definition) is 2. The van der Waals surface area contributed by atoms with Gasteiger partial charge >= 0.3 is 0 Å². The highest BCUT2D eigenvalue weighted by atomic mass is 35.5. The Kier molecular flexibility index (Phi) is 16.1. The lowest BCUT2D eigenvalue weighted by Crippen LogP contribution is -2.66. The van der Waals surface area contributed by atoms with Crippen molar-refractivity contribution in [2.24, 2.45) is 22.2 Å². The second-order valence-electron chi connectivity index (χ2n) is 19.9. The molecule has 2 amide bonds. The number of carbonyl (C=O) groups excluding carboxylic acids is 4. The number of nitrogens with one attached hydrogen (secondary N) is 1. The van der Waals surface area contributed by atoms with E-state index in [0.717, 1.165) is 16.1 Å². The molecule has 1 saturated carbocycles. The Labute approximate surface area is 397 Å². The molecule has 4 atom stereocenters. The van der Waals surface area contributed by atoms with Crippen molar-refractivity contribution in [1.82, 2.24) is 20.4 Å². The fourth-order valence-corrected chi connectivity index (χ4v) is 10.5. The van der Waals surface area contributed by atoms with E-state index < -0.39 is 35.4 Å². The van der Waals surface area contributed by atoms with Gasteiger partial charge in [-0.25, -0.2) is 0 Å². The number of rotatable bonds is 20. The van der Waals surface area contributed by atoms with Crippen LogP contribution in [-0.4, -0.2) is 94.2 Å². The fourth-order valence-electron chi connectivity index (χ4n) is 9.70. The van der Waals surface area contributed by atoms with Crippen LogP contribution in [0.4, 0.5) is 0 Å². The van der Waals surface area contributed by atoms with Gasteiger partial charge in [0.25, 0.3) is 0 Å². The number of ketones is 2. The molecule has 2 N–H and O–H groups in total. The first-order chi connectivity index (χ1) is 31.2. The summed E-state index contributed by atoms with van der Waals surface area (Å²) in [5.41, 5.74) is 3.34. The number of unbranched alkanes of at least 4 members (excludes halogenated alkanes) is 1. The molecule has 1 aliphatic heterocycles. The van der Waals surface area contributed by atoms with Crippen molar-refractivity contribution >= 4 is 46.3 Å². The summed E-state index contributed by atoms with van der Waals surface area (Å²) in [5.74, 6) is 0.240. The van der Waals surface area contributed by atoms with Crippen molar-refractivity contribution in [2.75, 3.05) is 26.4 Å². The third-order valence-corrected chi connectivity index (χ3v) is 14.2. The highest BCUT2D eigenvalue weighted by Crippen LogP contribution is 2.62. The molecule has 2 fully saturated rings. The van der Waals surface area contributed by atoms with Crippen molar-refractivity contribution in [3.8, 4) is 28.1 Å². The number of aliphatic hydroxyl groups excluding tert-OH is 1. The summed E-state index contributed by atoms with van der Waals surface area (Å²) < 4.78 is 18.0. The van der Waals surface area contributed by atoms with Gasteiger partial charge in [0, 0.05) is 60.4 Å². The molecular weight excluding hydrogens is 878 g/mol. The number of nitriles is 1. The van der Waals surface area contributed by atoms with E-state index in [1.54, 1.807) is 48.0 Å². The minimum Gasteiger partial charge on any atom is -0.494 e. The van der Waals surface area contributed by atoms with Gasteiger partial charge in [0.2, 0.25) is 11.8 Å². The van der Waals surface area contributed by atoms with E-state index in [2.05, 4.69) is 49.3 Å². The van der Waals surface area contributed by atoms with Crippen molar-refractivity contribution in [3.05, 3.63) is 94.0 Å². The van der Waals surface area contributed by atoms with E-state index in [4.69, 9.17) is 25.8 Å². The van der Waals surface area contributed by atoms with Crippen LogP contribution < -0.4 is 14.8 Å². The van der Waals surface area contributed by atoms with Gasteiger partial charge in [0.05, 0.1) is 29.3 Å². The first-order valence-electron chi connectivity index (χ1n) is 22.6. The third kappa shape index (κ3) is 11.8. The van der Waals surface area contributed by atoms with Gasteiger partial charge < -0.3 is 29.5 Å². The number of benzene rings is 3. The number of aromatic nitrogens is 2. The molecule has 2 heterocycles. The maximum Gasteiger partial charge on any atom is 0.246 e. The average molecular weight is 941 g/mol. The first kappa shape index (κ1) is 50.2. The number of Topliss-reactive ketones (excluding diaryl/α,β-unsaturated/α-hetero) is 2. The zero-order valence-corrected chi connectivity index (χ0v) is 40.7. The average Bonchev–Trinajstić information content (AvgIpc) is 3.96. The number of halogens is 1. The van der Waals surface area contributed by atoms with Gasteiger partial charge in [-0.3, -0.25) is 19.2 Å². The summed E-state index contributed by atoms with van der Waals surface area (Å²) in [6, 6.07) is 20.4. The monoisotopic (exact) mass is 939 g/mol. The van der Waals surface area contributed by atoms with E-state index in [1.807, 2.05) is 52.0 Å². The van der Waals surface area contributed by atoms with Gasteiger partial charge in [-0.05, 0) is 72.1 Å². The number of β-amino-alcohol motifs (C(OH)–C–C–N with tert-alkyl or cyclic N) is 1. The zero-order valence-electron chi connectivity index (χ0n) is 39.1. The number of aliphatic hydroxyl groups is 1. The van der Waals surface area contributed by atoms with Crippen LogP contribution in [-0.2, 0) is 19.1 Å². The van der Waals surface area contributed by atoms with E-state index in [0.29, 0.717) is 60.1 Å². The van der Waals surface area contributed by atoms with Gasteiger partial charge in [-0.15, -0.1) is 10.2 Å². The van der Waals surface area contributed by atoms with Crippen molar-refractivity contribution in [3.63, 3.8) is 0 Å². The van der Waals surface area contributed by atoms with E-state index in [1.165, 1.54) is 16.2 Å². The van der Waals surface area contributed by atoms with Crippen LogP contribution in [0.25, 0.3) is 10.6 Å². The Bertz CT molecular complexity index is 2360. The van der Waals surface area contributed by atoms with Gasteiger partial charge in [0.15, 0.2) is 11.6 Å². The second kappa shape index (κ2) is 21.2. The largest absolute Gasteiger partial charge is 0.494 e. The molecule has 0 radical (unpaired) electrons. The van der Waals surface area contributed by atoms with Crippen molar-refractivity contribution in [2.45, 2.75) is 118 Å². The Hall–Kier alpha value is -5.20. The predicted octanol–water partition coefficient (Wildman–Crippen LogP) is 8.86. The SMILES string of the molecule is C[C@H](CC(=O)[C@@H]1C[C@@H](O)CN1C(=O)[C@@H](NC(=O)COCCCCOc1ccc(C(=O)CC2C(C)(C)C(Oc3ccc(C#N)c(Cl)c3)C2(C)C)cc1)C(C)(C)C)c1ccc(-c2nncs2)cc1. The summed E-state index contributed by atoms with van der Waals surface area (Å²) in [7, 11) is 0. The maximum atomic E-state index is 14.1. The van der Waals surface area contributed by atoms with Gasteiger partial charge in [-0.1, -0.05) is 103 Å². The molecule has 66 heavy (non-hydrogen) atoms. The summed E-state index contributed by atoms with van der Waals surface area (Å²) in [5, 5.41) is 31.8. The topological polar surface area (TPSA) is 181 Å². The van der Waals surface area contributed by atoms with Crippen LogP contribution in [0.3, 0.4) is 0 Å². The molecule has 13 nitrogen and oxygen atoms in total. The molecule has 1 aromatic heterocycles. The lowest BCUT2D eigenvalue weighted by atomic mass is 9.44. The number of hydrogen-bond acceptors (Lipinski definition) is 12.